The third kappa shape index (κ3) is 4.25. The van der Waals surface area contributed by atoms with Gasteiger partial charge >= 0.3 is 5.63 Å². The zero-order valence-corrected chi connectivity index (χ0v) is 16.8. The molecule has 2 aromatic carbocycles. The summed E-state index contributed by atoms with van der Waals surface area (Å²) in [5, 5.41) is 3.56. The van der Waals surface area contributed by atoms with Gasteiger partial charge in [-0.05, 0) is 57.9 Å². The van der Waals surface area contributed by atoms with Gasteiger partial charge in [-0.15, -0.1) is 0 Å². The Morgan fingerprint density at radius 2 is 1.79 bits per heavy atom. The van der Waals surface area contributed by atoms with E-state index in [1.165, 1.54) is 11.6 Å². The summed E-state index contributed by atoms with van der Waals surface area (Å²) in [7, 11) is 0. The van der Waals surface area contributed by atoms with E-state index in [-0.39, 0.29) is 18.1 Å². The van der Waals surface area contributed by atoms with Crippen LogP contribution in [0.2, 0.25) is 0 Å². The van der Waals surface area contributed by atoms with Crippen LogP contribution in [0, 0.1) is 13.8 Å². The van der Waals surface area contributed by atoms with Gasteiger partial charge in [-0.3, -0.25) is 4.79 Å². The van der Waals surface area contributed by atoms with Crippen LogP contribution in [0.3, 0.4) is 0 Å². The molecule has 146 valence electrons. The van der Waals surface area contributed by atoms with Crippen molar-refractivity contribution in [1.82, 2.24) is 5.32 Å². The van der Waals surface area contributed by atoms with E-state index in [2.05, 4.69) is 11.4 Å². The molecule has 1 amide bonds. The Bertz CT molecular complexity index is 1080. The molecule has 1 unspecified atom stereocenters. The van der Waals surface area contributed by atoms with Crippen LogP contribution in [0.5, 0.6) is 5.75 Å². The van der Waals surface area contributed by atoms with E-state index < -0.39 is 5.63 Å². The summed E-state index contributed by atoms with van der Waals surface area (Å²) in [6.07, 6.45) is -0.00532. The molecule has 5 heteroatoms. The van der Waals surface area contributed by atoms with Gasteiger partial charge in [0.15, 0.2) is 0 Å². The monoisotopic (exact) mass is 379 g/mol. The van der Waals surface area contributed by atoms with Crippen molar-refractivity contribution in [3.63, 3.8) is 0 Å². The second-order valence-corrected chi connectivity index (χ2v) is 7.36. The molecule has 1 heterocycles. The molecule has 0 aliphatic carbocycles. The van der Waals surface area contributed by atoms with Crippen molar-refractivity contribution in [1.29, 1.82) is 0 Å². The van der Waals surface area contributed by atoms with E-state index in [1.807, 2.05) is 46.8 Å². The van der Waals surface area contributed by atoms with Crippen LogP contribution in [0.25, 0.3) is 11.0 Å². The van der Waals surface area contributed by atoms with Gasteiger partial charge < -0.3 is 14.5 Å². The number of hydrogen-bond donors (Lipinski definition) is 1. The molecule has 1 aromatic heterocycles. The Labute approximate surface area is 164 Å². The molecule has 3 rings (SSSR count). The predicted octanol–water partition coefficient (Wildman–Crippen LogP) is 4.69. The minimum absolute atomic E-state index is 0.00532. The summed E-state index contributed by atoms with van der Waals surface area (Å²) in [5.74, 6) is 0.273. The highest BCUT2D eigenvalue weighted by Crippen LogP contribution is 2.25. The second-order valence-electron chi connectivity index (χ2n) is 7.36. The number of nitrogens with one attached hydrogen (secondary N) is 1. The normalized spacial score (nSPS) is 12.2. The number of fused-ring (bicyclic) bond motifs is 1. The van der Waals surface area contributed by atoms with E-state index in [9.17, 15) is 9.59 Å². The first-order valence-corrected chi connectivity index (χ1v) is 9.37. The fourth-order valence-electron chi connectivity index (χ4n) is 3.34. The molecule has 0 saturated carbocycles. The number of ether oxygens (including phenoxy) is 1. The van der Waals surface area contributed by atoms with Crippen molar-refractivity contribution in [2.45, 2.75) is 46.8 Å². The van der Waals surface area contributed by atoms with E-state index in [0.717, 1.165) is 11.1 Å². The molecule has 0 fully saturated rings. The lowest BCUT2D eigenvalue weighted by molar-refractivity contribution is 0.0941. The smallest absolute Gasteiger partial charge is 0.337 e. The number of benzene rings is 2. The van der Waals surface area contributed by atoms with Crippen LogP contribution < -0.4 is 15.7 Å². The summed E-state index contributed by atoms with van der Waals surface area (Å²) in [6.45, 7) is 9.82. The first-order chi connectivity index (χ1) is 13.2. The average molecular weight is 379 g/mol. The van der Waals surface area contributed by atoms with Crippen molar-refractivity contribution in [3.05, 3.63) is 75.1 Å². The lowest BCUT2D eigenvalue weighted by Gasteiger charge is -2.18. The van der Waals surface area contributed by atoms with Gasteiger partial charge in [-0.2, -0.15) is 0 Å². The number of aryl methyl sites for hydroxylation is 2. The molecule has 0 bridgehead atoms. The van der Waals surface area contributed by atoms with Crippen molar-refractivity contribution in [3.8, 4) is 5.75 Å². The molecule has 0 saturated heterocycles. The first-order valence-electron chi connectivity index (χ1n) is 9.37. The summed E-state index contributed by atoms with van der Waals surface area (Å²) >= 11 is 0. The molecule has 1 N–H and O–H groups in total. The molecule has 28 heavy (non-hydrogen) atoms. The minimum Gasteiger partial charge on any atom is -0.491 e. The van der Waals surface area contributed by atoms with Crippen LogP contribution in [0.4, 0.5) is 0 Å². The first kappa shape index (κ1) is 19.7. The maximum atomic E-state index is 12.9. The lowest BCUT2D eigenvalue weighted by atomic mass is 10.00. The second kappa shape index (κ2) is 7.89. The molecule has 5 nitrogen and oxygen atoms in total. The maximum absolute atomic E-state index is 12.9. The molecule has 0 aliphatic heterocycles. The van der Waals surface area contributed by atoms with Gasteiger partial charge in [-0.25, -0.2) is 4.79 Å². The summed E-state index contributed by atoms with van der Waals surface area (Å²) in [6, 6.07) is 12.3. The quantitative estimate of drug-likeness (QED) is 0.653. The Hall–Kier alpha value is -3.08. The van der Waals surface area contributed by atoms with Crippen LogP contribution >= 0.6 is 0 Å². The van der Waals surface area contributed by atoms with Crippen molar-refractivity contribution < 1.29 is 13.9 Å². The van der Waals surface area contributed by atoms with E-state index in [0.29, 0.717) is 22.3 Å². The van der Waals surface area contributed by atoms with Crippen molar-refractivity contribution in [2.75, 3.05) is 0 Å². The van der Waals surface area contributed by atoms with E-state index in [4.69, 9.17) is 9.15 Å². The third-order valence-electron chi connectivity index (χ3n) is 4.57. The maximum Gasteiger partial charge on any atom is 0.337 e. The predicted molar refractivity (Wildman–Crippen MR) is 110 cm³/mol. The summed E-state index contributed by atoms with van der Waals surface area (Å²) in [4.78, 5) is 24.9. The number of amides is 1. The van der Waals surface area contributed by atoms with Crippen LogP contribution in [-0.4, -0.2) is 12.0 Å². The molecule has 0 aliphatic rings. The van der Waals surface area contributed by atoms with Crippen LogP contribution in [0.15, 0.2) is 51.7 Å². The lowest BCUT2D eigenvalue weighted by Crippen LogP contribution is -2.28. The van der Waals surface area contributed by atoms with Crippen LogP contribution in [-0.2, 0) is 0 Å². The van der Waals surface area contributed by atoms with E-state index >= 15 is 0 Å². The van der Waals surface area contributed by atoms with Gasteiger partial charge in [0.2, 0.25) is 0 Å². The zero-order chi connectivity index (χ0) is 20.4. The topological polar surface area (TPSA) is 68.5 Å². The van der Waals surface area contributed by atoms with Gasteiger partial charge in [0.25, 0.3) is 5.91 Å². The van der Waals surface area contributed by atoms with Crippen molar-refractivity contribution in [2.24, 2.45) is 0 Å². The fraction of sp³-hybridized carbons (Fsp3) is 0.304. The summed E-state index contributed by atoms with van der Waals surface area (Å²) < 4.78 is 10.9. The zero-order valence-electron chi connectivity index (χ0n) is 16.8. The van der Waals surface area contributed by atoms with Crippen molar-refractivity contribution >= 4 is 16.9 Å². The molecule has 0 radical (unpaired) electrons. The molecule has 0 spiro atoms. The highest BCUT2D eigenvalue weighted by Gasteiger charge is 2.18. The molecule has 1 atom stereocenters. The minimum atomic E-state index is -0.571. The SMILES string of the molecule is Cc1ccc(C(C)NC(=O)c2cc(=O)oc3cc(OC(C)C)ccc23)c(C)c1. The number of carbonyl (C=O) groups excluding carboxylic acids is 1. The molecular weight excluding hydrogens is 354 g/mol. The Morgan fingerprint density at radius 1 is 1.04 bits per heavy atom. The van der Waals surface area contributed by atoms with E-state index in [1.54, 1.807) is 18.2 Å². The Morgan fingerprint density at radius 3 is 2.46 bits per heavy atom. The highest BCUT2D eigenvalue weighted by molar-refractivity contribution is 6.05. The van der Waals surface area contributed by atoms with Crippen LogP contribution in [0.1, 0.15) is 53.9 Å². The Kier molecular flexibility index (Phi) is 5.54. The standard InChI is InChI=1S/C23H25NO4/c1-13(2)27-17-7-9-19-20(12-22(25)28-21(19)11-17)23(26)24-16(5)18-8-6-14(3)10-15(18)4/h6-13,16H,1-5H3,(H,24,26). The molecule has 3 aromatic rings. The number of hydrogen-bond acceptors (Lipinski definition) is 4. The fourth-order valence-corrected chi connectivity index (χ4v) is 3.34. The van der Waals surface area contributed by atoms with Gasteiger partial charge in [0, 0.05) is 17.5 Å². The largest absolute Gasteiger partial charge is 0.491 e. The summed E-state index contributed by atoms with van der Waals surface area (Å²) in [5.41, 5.74) is 3.37. The Balaban J connectivity index is 1.93. The number of carbonyl (C=O) groups is 1. The van der Waals surface area contributed by atoms with Gasteiger partial charge in [0.05, 0.1) is 17.7 Å². The molecular formula is C23H25NO4. The number of rotatable bonds is 5. The highest BCUT2D eigenvalue weighted by atomic mass is 16.5. The average Bonchev–Trinajstić information content (AvgIpc) is 2.59. The van der Waals surface area contributed by atoms with Gasteiger partial charge in [0.1, 0.15) is 11.3 Å². The third-order valence-corrected chi connectivity index (χ3v) is 4.57. The van der Waals surface area contributed by atoms with Gasteiger partial charge in [-0.1, -0.05) is 23.8 Å².